The molecule has 0 amide bonds. The van der Waals surface area contributed by atoms with Crippen LogP contribution in [0, 0.1) is 5.82 Å². The SMILES string of the molecule is CCNCc1cc(F)cc(N2CCCCC2CC)c1. The molecule has 1 aliphatic heterocycles. The second kappa shape index (κ2) is 6.90. The minimum Gasteiger partial charge on any atom is -0.368 e. The third-order valence-corrected chi connectivity index (χ3v) is 3.95. The minimum absolute atomic E-state index is 0.120. The van der Waals surface area contributed by atoms with E-state index in [9.17, 15) is 4.39 Å². The normalized spacial score (nSPS) is 19.7. The predicted octanol–water partition coefficient (Wildman–Crippen LogP) is 3.70. The first-order valence-corrected chi connectivity index (χ1v) is 7.51. The van der Waals surface area contributed by atoms with Crippen LogP contribution in [0.2, 0.25) is 0 Å². The molecule has 0 radical (unpaired) electrons. The predicted molar refractivity (Wildman–Crippen MR) is 79.1 cm³/mol. The number of hydrogen-bond donors (Lipinski definition) is 1. The molecule has 1 aliphatic rings. The zero-order valence-electron chi connectivity index (χ0n) is 12.1. The second-order valence-electron chi connectivity index (χ2n) is 5.35. The summed E-state index contributed by atoms with van der Waals surface area (Å²) in [6, 6.07) is 6.03. The second-order valence-corrected chi connectivity index (χ2v) is 5.35. The van der Waals surface area contributed by atoms with Gasteiger partial charge in [-0.05, 0) is 56.0 Å². The first kappa shape index (κ1) is 14.3. The van der Waals surface area contributed by atoms with E-state index >= 15 is 0 Å². The van der Waals surface area contributed by atoms with E-state index in [1.165, 1.54) is 19.3 Å². The van der Waals surface area contributed by atoms with Gasteiger partial charge < -0.3 is 10.2 Å². The van der Waals surface area contributed by atoms with E-state index in [0.717, 1.165) is 37.3 Å². The van der Waals surface area contributed by atoms with Gasteiger partial charge in [0.15, 0.2) is 0 Å². The summed E-state index contributed by atoms with van der Waals surface area (Å²) in [6.07, 6.45) is 4.89. The molecule has 106 valence electrons. The fourth-order valence-electron chi connectivity index (χ4n) is 2.94. The highest BCUT2D eigenvalue weighted by atomic mass is 19.1. The van der Waals surface area contributed by atoms with Crippen LogP contribution in [0.1, 0.15) is 45.1 Å². The number of halogens is 1. The van der Waals surface area contributed by atoms with Gasteiger partial charge in [0.05, 0.1) is 0 Å². The van der Waals surface area contributed by atoms with Gasteiger partial charge in [0, 0.05) is 24.8 Å². The van der Waals surface area contributed by atoms with Crippen LogP contribution < -0.4 is 10.2 Å². The molecule has 0 aliphatic carbocycles. The van der Waals surface area contributed by atoms with Gasteiger partial charge in [-0.1, -0.05) is 13.8 Å². The maximum absolute atomic E-state index is 13.8. The Morgan fingerprint density at radius 2 is 2.11 bits per heavy atom. The molecule has 1 saturated heterocycles. The molecule has 1 fully saturated rings. The van der Waals surface area contributed by atoms with Gasteiger partial charge in [0.1, 0.15) is 5.82 Å². The Labute approximate surface area is 116 Å². The van der Waals surface area contributed by atoms with Gasteiger partial charge >= 0.3 is 0 Å². The van der Waals surface area contributed by atoms with Crippen molar-refractivity contribution in [2.75, 3.05) is 18.0 Å². The van der Waals surface area contributed by atoms with Crippen molar-refractivity contribution in [3.8, 4) is 0 Å². The molecule has 1 heterocycles. The molecule has 1 aromatic rings. The van der Waals surface area contributed by atoms with Gasteiger partial charge in [-0.2, -0.15) is 0 Å². The van der Waals surface area contributed by atoms with Crippen molar-refractivity contribution < 1.29 is 4.39 Å². The van der Waals surface area contributed by atoms with E-state index in [1.807, 2.05) is 0 Å². The molecule has 0 spiro atoms. The summed E-state index contributed by atoms with van der Waals surface area (Å²) in [5.41, 5.74) is 2.09. The zero-order valence-corrected chi connectivity index (χ0v) is 12.1. The average Bonchev–Trinajstić information content (AvgIpc) is 2.44. The molecule has 2 rings (SSSR count). The number of benzene rings is 1. The summed E-state index contributed by atoms with van der Waals surface area (Å²) >= 11 is 0. The largest absolute Gasteiger partial charge is 0.368 e. The van der Waals surface area contributed by atoms with Gasteiger partial charge in [-0.25, -0.2) is 4.39 Å². The fraction of sp³-hybridized carbons (Fsp3) is 0.625. The minimum atomic E-state index is -0.120. The van der Waals surface area contributed by atoms with Crippen LogP contribution >= 0.6 is 0 Å². The van der Waals surface area contributed by atoms with Crippen molar-refractivity contribution >= 4 is 5.69 Å². The quantitative estimate of drug-likeness (QED) is 0.872. The van der Waals surface area contributed by atoms with Crippen LogP contribution in [-0.2, 0) is 6.54 Å². The van der Waals surface area contributed by atoms with Crippen molar-refractivity contribution in [2.45, 2.75) is 52.1 Å². The van der Waals surface area contributed by atoms with Crippen molar-refractivity contribution in [3.05, 3.63) is 29.6 Å². The van der Waals surface area contributed by atoms with Crippen molar-refractivity contribution in [1.29, 1.82) is 0 Å². The average molecular weight is 264 g/mol. The summed E-state index contributed by atoms with van der Waals surface area (Å²) in [5.74, 6) is -0.120. The molecule has 19 heavy (non-hydrogen) atoms. The molecular weight excluding hydrogens is 239 g/mol. The molecule has 3 heteroatoms. The van der Waals surface area contributed by atoms with Crippen LogP contribution in [0.25, 0.3) is 0 Å². The zero-order chi connectivity index (χ0) is 13.7. The lowest BCUT2D eigenvalue weighted by Gasteiger charge is -2.37. The fourth-order valence-corrected chi connectivity index (χ4v) is 2.94. The highest BCUT2D eigenvalue weighted by Gasteiger charge is 2.21. The van der Waals surface area contributed by atoms with E-state index in [4.69, 9.17) is 0 Å². The lowest BCUT2D eigenvalue weighted by atomic mass is 9.98. The van der Waals surface area contributed by atoms with Crippen LogP contribution in [0.3, 0.4) is 0 Å². The molecule has 1 unspecified atom stereocenters. The smallest absolute Gasteiger partial charge is 0.125 e. The molecule has 0 bridgehead atoms. The first-order chi connectivity index (χ1) is 9.24. The Hall–Kier alpha value is -1.09. The standard InChI is InChI=1S/C16H25FN2/c1-3-15-7-5-6-8-19(15)16-10-13(12-18-4-2)9-14(17)11-16/h9-11,15,18H,3-8,12H2,1-2H3. The van der Waals surface area contributed by atoms with Gasteiger partial charge in [-0.15, -0.1) is 0 Å². The molecular formula is C16H25FN2. The summed E-state index contributed by atoms with van der Waals surface area (Å²) in [7, 11) is 0. The topological polar surface area (TPSA) is 15.3 Å². The number of nitrogens with one attached hydrogen (secondary N) is 1. The van der Waals surface area contributed by atoms with E-state index in [0.29, 0.717) is 6.04 Å². The third-order valence-electron chi connectivity index (χ3n) is 3.95. The van der Waals surface area contributed by atoms with Gasteiger partial charge in [0.2, 0.25) is 0 Å². The van der Waals surface area contributed by atoms with Crippen LogP contribution in [0.15, 0.2) is 18.2 Å². The lowest BCUT2D eigenvalue weighted by Crippen LogP contribution is -2.39. The van der Waals surface area contributed by atoms with E-state index in [1.54, 1.807) is 12.1 Å². The number of nitrogens with zero attached hydrogens (tertiary/aromatic N) is 1. The summed E-state index contributed by atoms with van der Waals surface area (Å²) in [6.45, 7) is 7.00. The maximum Gasteiger partial charge on any atom is 0.125 e. The molecule has 1 N–H and O–H groups in total. The van der Waals surface area contributed by atoms with Crippen molar-refractivity contribution in [2.24, 2.45) is 0 Å². The number of hydrogen-bond acceptors (Lipinski definition) is 2. The van der Waals surface area contributed by atoms with Crippen LogP contribution in [0.4, 0.5) is 10.1 Å². The van der Waals surface area contributed by atoms with E-state index < -0.39 is 0 Å². The van der Waals surface area contributed by atoms with Crippen LogP contribution in [-0.4, -0.2) is 19.1 Å². The van der Waals surface area contributed by atoms with Crippen molar-refractivity contribution in [1.82, 2.24) is 5.32 Å². The Morgan fingerprint density at radius 1 is 1.26 bits per heavy atom. The Balaban J connectivity index is 2.19. The Kier molecular flexibility index (Phi) is 5.20. The highest BCUT2D eigenvalue weighted by molar-refractivity contribution is 5.50. The molecule has 0 aromatic heterocycles. The van der Waals surface area contributed by atoms with E-state index in [2.05, 4.69) is 30.1 Å². The van der Waals surface area contributed by atoms with Crippen molar-refractivity contribution in [3.63, 3.8) is 0 Å². The Morgan fingerprint density at radius 3 is 2.84 bits per heavy atom. The Bertz CT molecular complexity index is 406. The maximum atomic E-state index is 13.8. The summed E-state index contributed by atoms with van der Waals surface area (Å²) < 4.78 is 13.8. The number of anilines is 1. The number of piperidine rings is 1. The monoisotopic (exact) mass is 264 g/mol. The van der Waals surface area contributed by atoms with Crippen LogP contribution in [0.5, 0.6) is 0 Å². The van der Waals surface area contributed by atoms with Gasteiger partial charge in [0.25, 0.3) is 0 Å². The highest BCUT2D eigenvalue weighted by Crippen LogP contribution is 2.28. The van der Waals surface area contributed by atoms with E-state index in [-0.39, 0.29) is 5.82 Å². The third kappa shape index (κ3) is 3.69. The van der Waals surface area contributed by atoms with Gasteiger partial charge in [-0.3, -0.25) is 0 Å². The molecule has 2 nitrogen and oxygen atoms in total. The lowest BCUT2D eigenvalue weighted by molar-refractivity contribution is 0.449. The summed E-state index contributed by atoms with van der Waals surface area (Å²) in [5, 5.41) is 3.26. The summed E-state index contributed by atoms with van der Waals surface area (Å²) in [4.78, 5) is 2.39. The first-order valence-electron chi connectivity index (χ1n) is 7.51. The molecule has 1 atom stereocenters. The molecule has 1 aromatic carbocycles. The number of rotatable bonds is 5. The molecule has 0 saturated carbocycles.